The fraction of sp³-hybridized carbons (Fsp3) is 0.306. The molecule has 0 saturated carbocycles. The van der Waals surface area contributed by atoms with E-state index in [1.165, 1.54) is 82.5 Å². The van der Waals surface area contributed by atoms with E-state index in [0.717, 1.165) is 97.3 Å². The molecule has 0 aliphatic rings. The summed E-state index contributed by atoms with van der Waals surface area (Å²) >= 11 is 3.17. The summed E-state index contributed by atoms with van der Waals surface area (Å²) in [5.74, 6) is -7.04. The van der Waals surface area contributed by atoms with Crippen LogP contribution in [0.1, 0.15) is 197 Å². The number of carbonyl (C=O) groups excluding carboxylic acids is 5. The lowest BCUT2D eigenvalue weighted by atomic mass is 9.85. The second kappa shape index (κ2) is 45.9. The van der Waals surface area contributed by atoms with Crippen LogP contribution < -0.4 is 17.2 Å². The largest absolute Gasteiger partial charge is 0.480 e. The number of carboxylic acids is 1. The molecule has 6 heterocycles. The zero-order chi connectivity index (χ0) is 92.9. The van der Waals surface area contributed by atoms with Gasteiger partial charge in [0.25, 0.3) is 11.8 Å². The van der Waals surface area contributed by atoms with Gasteiger partial charge in [-0.2, -0.15) is 0 Å². The highest BCUT2D eigenvalue weighted by Gasteiger charge is 2.30. The van der Waals surface area contributed by atoms with Crippen molar-refractivity contribution in [1.82, 2.24) is 48.6 Å². The first-order chi connectivity index (χ1) is 60.4. The summed E-state index contributed by atoms with van der Waals surface area (Å²) in [7, 11) is 0. The third kappa shape index (κ3) is 25.4. The summed E-state index contributed by atoms with van der Waals surface area (Å²) in [6.45, 7) is 30.6. The third-order valence-electron chi connectivity index (χ3n) is 21.8. The second-order valence-electron chi connectivity index (χ2n) is 30.9. The summed E-state index contributed by atoms with van der Waals surface area (Å²) in [6, 6.07) is 35.5. The number of carboxylic acid groups (broad SMARTS) is 1. The number of Topliss-reactive ketones (excluding diaryl/α,β-unsaturated/α-hetero) is 1. The number of imidazole rings is 4. The van der Waals surface area contributed by atoms with E-state index < -0.39 is 76.7 Å². The average Bonchev–Trinajstić information content (AvgIpc) is 1.64. The number of pyridine rings is 2. The Hall–Kier alpha value is -13.1. The number of esters is 2. The van der Waals surface area contributed by atoms with Crippen molar-refractivity contribution in [3.05, 3.63) is 296 Å². The van der Waals surface area contributed by atoms with Crippen LogP contribution >= 0.6 is 15.9 Å². The van der Waals surface area contributed by atoms with Crippen LogP contribution in [0, 0.1) is 97.2 Å². The molecule has 0 spiro atoms. The number of aromatic amines is 1. The lowest BCUT2D eigenvalue weighted by Gasteiger charge is -2.23. The lowest BCUT2D eigenvalue weighted by Crippen LogP contribution is -2.22. The zero-order valence-corrected chi connectivity index (χ0v) is 75.8. The van der Waals surface area contributed by atoms with Crippen LogP contribution in [0.2, 0.25) is 0 Å². The number of benzene rings is 8. The number of alkyl halides is 1. The van der Waals surface area contributed by atoms with Gasteiger partial charge in [0.05, 0.1) is 111 Å². The van der Waals surface area contributed by atoms with Crippen LogP contribution in [0.5, 0.6) is 0 Å². The Morgan fingerprint density at radius 2 is 0.836 bits per heavy atom. The van der Waals surface area contributed by atoms with E-state index in [1.54, 1.807) is 60.9 Å². The van der Waals surface area contributed by atoms with Crippen molar-refractivity contribution in [2.45, 2.75) is 184 Å². The number of hydrogen-bond acceptors (Lipinski definition) is 15. The molecule has 0 fully saturated rings. The van der Waals surface area contributed by atoms with Crippen molar-refractivity contribution in [3.63, 3.8) is 0 Å². The number of carbonyl (C=O) groups is 6. The van der Waals surface area contributed by atoms with Crippen LogP contribution in [-0.2, 0) is 41.5 Å². The van der Waals surface area contributed by atoms with E-state index in [4.69, 9.17) is 26.7 Å². The van der Waals surface area contributed by atoms with Gasteiger partial charge in [0.2, 0.25) is 0 Å². The maximum atomic E-state index is 14.3. The molecule has 0 radical (unpaired) electrons. The SMILES string of the molecule is CCC(C(=O)C[C@@H](Cc1cc(F)cc(F)c1)c1ncccc1-c1ccc(F)c(C(N)=O)c1)n1cnc2cc(C)c(C)cc21.CCC(C(=O)O)n1cnc2cc(C)c(C)cc21.CCOC(=O)C(Br)CC.CCOC(=O)C(CC)n1cnc2cc(C)c(C)cc21.Cc1nc2cc(C)c(C)cc2[nH]1.NC(=O)c1cc(-c2cccnc2[C@@H](N)Cc2cc(F)cc(F)c2)ccc1F.O. The Kier molecular flexibility index (Phi) is 36.0. The minimum atomic E-state index is -0.921. The van der Waals surface area contributed by atoms with Gasteiger partial charge in [0, 0.05) is 48.0 Å². The van der Waals surface area contributed by atoms with Crippen LogP contribution in [-0.4, -0.2) is 113 Å². The van der Waals surface area contributed by atoms with E-state index in [9.17, 15) is 60.2 Å². The zero-order valence-electron chi connectivity index (χ0n) is 74.2. The minimum absolute atomic E-state index is 0. The smallest absolute Gasteiger partial charge is 0.329 e. The van der Waals surface area contributed by atoms with Gasteiger partial charge in [0.15, 0.2) is 5.78 Å². The molecule has 30 heteroatoms. The topological polar surface area (TPSA) is 359 Å². The van der Waals surface area contributed by atoms with Gasteiger partial charge in [-0.05, 0) is 291 Å². The number of aromatic nitrogens is 10. The normalized spacial score (nSPS) is 12.3. The number of nitrogens with one attached hydrogen (secondary N) is 1. The molecule has 4 unspecified atom stereocenters. The molecule has 0 aliphatic heterocycles. The summed E-state index contributed by atoms with van der Waals surface area (Å²) < 4.78 is 98.7. The lowest BCUT2D eigenvalue weighted by molar-refractivity contribution is -0.147. The first-order valence-electron chi connectivity index (χ1n) is 41.6. The first kappa shape index (κ1) is 100. The van der Waals surface area contributed by atoms with Gasteiger partial charge in [-0.25, -0.2) is 55.9 Å². The molecule has 14 rings (SSSR count). The van der Waals surface area contributed by atoms with Crippen molar-refractivity contribution in [2.24, 2.45) is 17.2 Å². The van der Waals surface area contributed by atoms with E-state index >= 15 is 0 Å². The minimum Gasteiger partial charge on any atom is -0.480 e. The fourth-order valence-electron chi connectivity index (χ4n) is 14.6. The van der Waals surface area contributed by atoms with Crippen molar-refractivity contribution in [3.8, 4) is 22.3 Å². The molecular formula is C98H108BrF6N13O10. The van der Waals surface area contributed by atoms with Crippen LogP contribution in [0.3, 0.4) is 0 Å². The number of ether oxygens (including phenoxy) is 2. The van der Waals surface area contributed by atoms with Crippen LogP contribution in [0.15, 0.2) is 177 Å². The summed E-state index contributed by atoms with van der Waals surface area (Å²) in [5.41, 5.74) is 37.1. The van der Waals surface area contributed by atoms with Crippen molar-refractivity contribution < 1.29 is 75.2 Å². The van der Waals surface area contributed by atoms with E-state index in [2.05, 4.69) is 103 Å². The number of hydrogen-bond donors (Lipinski definition) is 5. The number of H-pyrrole nitrogens is 1. The van der Waals surface area contributed by atoms with Crippen LogP contribution in [0.25, 0.3) is 66.4 Å². The highest BCUT2D eigenvalue weighted by Crippen LogP contribution is 2.37. The molecule has 6 aromatic heterocycles. The van der Waals surface area contributed by atoms with E-state index in [1.807, 2.05) is 103 Å². The Labute approximate surface area is 747 Å². The fourth-order valence-corrected chi connectivity index (χ4v) is 14.8. The van der Waals surface area contributed by atoms with Gasteiger partial charge in [-0.15, -0.1) is 0 Å². The van der Waals surface area contributed by atoms with E-state index in [0.29, 0.717) is 77.2 Å². The predicted molar refractivity (Wildman–Crippen MR) is 489 cm³/mol. The van der Waals surface area contributed by atoms with Gasteiger partial charge < -0.3 is 55.9 Å². The van der Waals surface area contributed by atoms with Gasteiger partial charge in [-0.3, -0.25) is 29.1 Å². The molecule has 14 aromatic rings. The summed E-state index contributed by atoms with van der Waals surface area (Å²) in [5, 5.41) is 9.18. The molecule has 128 heavy (non-hydrogen) atoms. The van der Waals surface area contributed by atoms with E-state index in [-0.39, 0.29) is 64.5 Å². The summed E-state index contributed by atoms with van der Waals surface area (Å²) in [6.07, 6.45) is 10.9. The van der Waals surface area contributed by atoms with Gasteiger partial charge in [0.1, 0.15) is 57.6 Å². The number of halogens is 7. The van der Waals surface area contributed by atoms with Crippen molar-refractivity contribution in [1.29, 1.82) is 0 Å². The number of nitrogens with two attached hydrogens (primary N) is 3. The first-order valence-corrected chi connectivity index (χ1v) is 42.6. The molecule has 0 saturated heterocycles. The maximum Gasteiger partial charge on any atom is 0.329 e. The Morgan fingerprint density at radius 1 is 0.453 bits per heavy atom. The molecule has 0 aliphatic carbocycles. The summed E-state index contributed by atoms with van der Waals surface area (Å²) in [4.78, 5) is 101. The molecule has 2 amide bonds. The highest BCUT2D eigenvalue weighted by molar-refractivity contribution is 9.10. The van der Waals surface area contributed by atoms with Crippen LogP contribution in [0.4, 0.5) is 26.3 Å². The second-order valence-corrected chi connectivity index (χ2v) is 32.0. The molecule has 6 atom stereocenters. The van der Waals surface area contributed by atoms with Crippen molar-refractivity contribution in [2.75, 3.05) is 13.2 Å². The monoisotopic (exact) mass is 1820 g/mol. The number of primary amides is 2. The number of nitrogens with zero attached hydrogens (tertiary/aromatic N) is 9. The molecule has 23 nitrogen and oxygen atoms in total. The molecule has 8 aromatic carbocycles. The Bertz CT molecular complexity index is 6230. The third-order valence-corrected chi connectivity index (χ3v) is 22.8. The number of amides is 2. The molecular weight excluding hydrogens is 1710 g/mol. The quantitative estimate of drug-likeness (QED) is 0.0202. The number of aryl methyl sites for hydroxylation is 9. The number of rotatable bonds is 25. The number of fused-ring (bicyclic) bond motifs is 4. The van der Waals surface area contributed by atoms with Gasteiger partial charge in [-0.1, -0.05) is 67.9 Å². The molecule has 674 valence electrons. The standard InChI is InChI=1S/C34H31F3N4O2.C20H16F3N3O.C15H20N2O2.C13H16N2O2.C10H12N2.C6H11BrO2.H2O/c1-4-30(41-18-40-29-10-19(2)20(3)11-31(29)41)32(42)16-23(12-21-13-24(35)17-25(36)14-21)33-26(6-5-9-39-33)22-7-8-28(37)27(15-22)34(38)43;21-13-6-11(7-14(22)10-13)8-18(24)19-15(2-1-5-26-19)12-3-4-17(23)16(9-12)20(25)27;1-5-13(15(18)19-6-2)17-9-16-12-7-10(3)11(4)8-14(12)17;1-4-11(13(16)17)15-7-14-10-5-8(2)9(3)6-12(10)15;1-6-4-9-10(5-7(6)2)12-8(3)11-9;1-3-5(7)6(8)9-4-2;/h5-11,13-15,17-18,23,30H,4,12,16H2,1-3H3,(H2,38,43);1-7,9-10,18H,8,24H2,(H2,25,27);7-9,13H,5-6H2,1-4H3;5-7,11H,4H2,1-3H3,(H,16,17);4-5H,1-3H3,(H,11,12);5H,3-4H2,1-2H3;1H2/t23-,30?;18-;;;;;/m10...../s1. The predicted octanol–water partition coefficient (Wildman–Crippen LogP) is 19.9. The Morgan fingerprint density at radius 3 is 1.25 bits per heavy atom. The van der Waals surface area contributed by atoms with Gasteiger partial charge >= 0.3 is 17.9 Å². The maximum absolute atomic E-state index is 14.3. The molecule has 0 bridgehead atoms. The van der Waals surface area contributed by atoms with Crippen molar-refractivity contribution >= 4 is 95.6 Å². The highest BCUT2D eigenvalue weighted by atomic mass is 79.9. The number of aliphatic carboxylic acids is 1. The number of ketones is 1. The Balaban J connectivity index is 0.000000205. The molecule has 10 N–H and O–H groups in total. The average molecular weight is 1820 g/mol.